The third-order valence-corrected chi connectivity index (χ3v) is 1.22. The predicted molar refractivity (Wildman–Crippen MR) is 33.1 cm³/mol. The van der Waals surface area contributed by atoms with E-state index in [1.54, 1.807) is 6.92 Å². The maximum absolute atomic E-state index is 12.0. The van der Waals surface area contributed by atoms with Gasteiger partial charge in [-0.2, -0.15) is 13.2 Å². The Balaban J connectivity index is 2.91. The Hall–Kier alpha value is -1.14. The molecule has 0 aliphatic carbocycles. The van der Waals surface area contributed by atoms with Crippen molar-refractivity contribution in [2.24, 2.45) is 0 Å². The third kappa shape index (κ3) is 1.72. The molecule has 0 aromatic carbocycles. The average Bonchev–Trinajstić information content (AvgIpc) is 2.34. The first kappa shape index (κ1) is 8.95. The van der Waals surface area contributed by atoms with Crippen LogP contribution in [0.2, 0.25) is 0 Å². The lowest BCUT2D eigenvalue weighted by Gasteiger charge is -2.04. The van der Waals surface area contributed by atoms with Gasteiger partial charge in [0, 0.05) is 6.54 Å². The summed E-state index contributed by atoms with van der Waals surface area (Å²) in [6.45, 7) is 1.93. The van der Waals surface area contributed by atoms with E-state index in [0.29, 0.717) is 6.42 Å². The lowest BCUT2D eigenvalue weighted by molar-refractivity contribution is -0.148. The van der Waals surface area contributed by atoms with Crippen molar-refractivity contribution in [3.63, 3.8) is 0 Å². The zero-order chi connectivity index (χ0) is 9.19. The number of aromatic nitrogens is 4. The third-order valence-electron chi connectivity index (χ3n) is 1.22. The molecule has 4 nitrogen and oxygen atoms in total. The summed E-state index contributed by atoms with van der Waals surface area (Å²) >= 11 is 0. The fraction of sp³-hybridized carbons (Fsp3) is 0.800. The van der Waals surface area contributed by atoms with Gasteiger partial charge in [-0.15, -0.1) is 5.10 Å². The molecule has 0 bridgehead atoms. The largest absolute Gasteiger partial charge is 0.453 e. The standard InChI is InChI=1S/C5H7F3N4/c1-2-3-12-4(5(6,7)8)9-10-11-12/h2-3H2,1H3. The van der Waals surface area contributed by atoms with Gasteiger partial charge in [-0.05, 0) is 16.8 Å². The van der Waals surface area contributed by atoms with Gasteiger partial charge in [-0.3, -0.25) is 0 Å². The van der Waals surface area contributed by atoms with Crippen LogP contribution in [0.15, 0.2) is 0 Å². The summed E-state index contributed by atoms with van der Waals surface area (Å²) in [6.07, 6.45) is -3.90. The van der Waals surface area contributed by atoms with Crippen LogP contribution in [0.4, 0.5) is 13.2 Å². The average molecular weight is 180 g/mol. The van der Waals surface area contributed by atoms with E-state index in [2.05, 4.69) is 15.5 Å². The molecule has 0 spiro atoms. The van der Waals surface area contributed by atoms with Crippen molar-refractivity contribution in [2.45, 2.75) is 26.1 Å². The minimum absolute atomic E-state index is 0.182. The quantitative estimate of drug-likeness (QED) is 0.684. The van der Waals surface area contributed by atoms with Gasteiger partial charge in [0.05, 0.1) is 0 Å². The number of rotatable bonds is 2. The number of aryl methyl sites for hydroxylation is 1. The highest BCUT2D eigenvalue weighted by atomic mass is 19.4. The molecule has 68 valence electrons. The molecular formula is C5H7F3N4. The Bertz CT molecular complexity index is 253. The van der Waals surface area contributed by atoms with Crippen LogP contribution >= 0.6 is 0 Å². The van der Waals surface area contributed by atoms with Crippen LogP contribution in [-0.2, 0) is 12.7 Å². The van der Waals surface area contributed by atoms with Crippen molar-refractivity contribution >= 4 is 0 Å². The van der Waals surface area contributed by atoms with E-state index in [1.807, 2.05) is 0 Å². The Morgan fingerprint density at radius 3 is 2.58 bits per heavy atom. The van der Waals surface area contributed by atoms with Gasteiger partial charge in [-0.1, -0.05) is 6.92 Å². The molecular weight excluding hydrogens is 173 g/mol. The monoisotopic (exact) mass is 180 g/mol. The molecule has 0 unspecified atom stereocenters. The van der Waals surface area contributed by atoms with E-state index in [0.717, 1.165) is 4.68 Å². The first-order valence-corrected chi connectivity index (χ1v) is 3.39. The van der Waals surface area contributed by atoms with Crippen molar-refractivity contribution < 1.29 is 13.2 Å². The fourth-order valence-electron chi connectivity index (χ4n) is 0.770. The number of hydrogen-bond donors (Lipinski definition) is 0. The van der Waals surface area contributed by atoms with Crippen molar-refractivity contribution in [2.75, 3.05) is 0 Å². The van der Waals surface area contributed by atoms with Crippen LogP contribution in [0.3, 0.4) is 0 Å². The Kier molecular flexibility index (Phi) is 2.30. The summed E-state index contributed by atoms with van der Waals surface area (Å²) in [5, 5.41) is 9.04. The molecule has 0 aliphatic heterocycles. The van der Waals surface area contributed by atoms with Crippen LogP contribution in [0.5, 0.6) is 0 Å². The smallest absolute Gasteiger partial charge is 0.222 e. The van der Waals surface area contributed by atoms with Gasteiger partial charge in [0.15, 0.2) is 0 Å². The molecule has 0 saturated carbocycles. The molecule has 1 rings (SSSR count). The normalized spacial score (nSPS) is 12.0. The molecule has 0 fully saturated rings. The van der Waals surface area contributed by atoms with Gasteiger partial charge in [0.25, 0.3) is 5.82 Å². The number of halogens is 3. The minimum Gasteiger partial charge on any atom is -0.222 e. The van der Waals surface area contributed by atoms with Gasteiger partial charge in [0.1, 0.15) is 0 Å². The SMILES string of the molecule is CCCn1nnnc1C(F)(F)F. The molecule has 0 saturated heterocycles. The van der Waals surface area contributed by atoms with E-state index in [9.17, 15) is 13.2 Å². The summed E-state index contributed by atoms with van der Waals surface area (Å²) < 4.78 is 36.9. The van der Waals surface area contributed by atoms with Crippen LogP contribution in [0, 0.1) is 0 Å². The van der Waals surface area contributed by atoms with Crippen LogP contribution in [0.1, 0.15) is 19.2 Å². The van der Waals surface area contributed by atoms with Crippen molar-refractivity contribution in [1.29, 1.82) is 0 Å². The number of tetrazole rings is 1. The summed E-state index contributed by atoms with van der Waals surface area (Å²) in [5.74, 6) is -1.04. The summed E-state index contributed by atoms with van der Waals surface area (Å²) in [7, 11) is 0. The molecule has 7 heteroatoms. The van der Waals surface area contributed by atoms with Gasteiger partial charge in [-0.25, -0.2) is 4.68 Å². The fourth-order valence-corrected chi connectivity index (χ4v) is 0.770. The lowest BCUT2D eigenvalue weighted by Crippen LogP contribution is -2.15. The van der Waals surface area contributed by atoms with Crippen molar-refractivity contribution in [1.82, 2.24) is 20.2 Å². The Labute approximate surface area is 66.4 Å². The lowest BCUT2D eigenvalue weighted by atomic mass is 10.5. The highest BCUT2D eigenvalue weighted by Crippen LogP contribution is 2.26. The Morgan fingerprint density at radius 1 is 1.42 bits per heavy atom. The van der Waals surface area contributed by atoms with Gasteiger partial charge < -0.3 is 0 Å². The molecule has 12 heavy (non-hydrogen) atoms. The second-order valence-electron chi connectivity index (χ2n) is 2.22. The number of nitrogens with zero attached hydrogens (tertiary/aromatic N) is 4. The summed E-state index contributed by atoms with van der Waals surface area (Å²) in [6, 6.07) is 0. The summed E-state index contributed by atoms with van der Waals surface area (Å²) in [4.78, 5) is 0. The predicted octanol–water partition coefficient (Wildman–Crippen LogP) is 1.10. The van der Waals surface area contributed by atoms with Crippen molar-refractivity contribution in [3.8, 4) is 0 Å². The minimum atomic E-state index is -4.46. The maximum atomic E-state index is 12.0. The summed E-state index contributed by atoms with van der Waals surface area (Å²) in [5.41, 5.74) is 0. The molecule has 0 N–H and O–H groups in total. The second-order valence-corrected chi connectivity index (χ2v) is 2.22. The molecule has 1 heterocycles. The van der Waals surface area contributed by atoms with Crippen LogP contribution in [0.25, 0.3) is 0 Å². The molecule has 0 radical (unpaired) electrons. The first-order chi connectivity index (χ1) is 5.55. The zero-order valence-corrected chi connectivity index (χ0v) is 6.34. The van der Waals surface area contributed by atoms with Crippen LogP contribution < -0.4 is 0 Å². The molecule has 1 aromatic rings. The second kappa shape index (κ2) is 3.08. The maximum Gasteiger partial charge on any atom is 0.453 e. The van der Waals surface area contributed by atoms with E-state index >= 15 is 0 Å². The molecule has 0 atom stereocenters. The topological polar surface area (TPSA) is 43.6 Å². The molecule has 1 aromatic heterocycles. The van der Waals surface area contributed by atoms with Crippen molar-refractivity contribution in [3.05, 3.63) is 5.82 Å². The first-order valence-electron chi connectivity index (χ1n) is 3.39. The van der Waals surface area contributed by atoms with E-state index < -0.39 is 12.0 Å². The van der Waals surface area contributed by atoms with E-state index in [4.69, 9.17) is 0 Å². The van der Waals surface area contributed by atoms with E-state index in [-0.39, 0.29) is 6.54 Å². The highest BCUT2D eigenvalue weighted by Gasteiger charge is 2.37. The molecule has 0 amide bonds. The Morgan fingerprint density at radius 2 is 2.08 bits per heavy atom. The van der Waals surface area contributed by atoms with Gasteiger partial charge in [0.2, 0.25) is 0 Å². The van der Waals surface area contributed by atoms with E-state index in [1.165, 1.54) is 0 Å². The van der Waals surface area contributed by atoms with Gasteiger partial charge >= 0.3 is 6.18 Å². The highest BCUT2D eigenvalue weighted by molar-refractivity contribution is 4.86. The number of hydrogen-bond acceptors (Lipinski definition) is 3. The zero-order valence-electron chi connectivity index (χ0n) is 6.34. The van der Waals surface area contributed by atoms with Crippen LogP contribution in [-0.4, -0.2) is 20.2 Å². The molecule has 0 aliphatic rings. The number of alkyl halides is 3.